The van der Waals surface area contributed by atoms with Crippen molar-refractivity contribution in [1.82, 2.24) is 14.9 Å². The lowest BCUT2D eigenvalue weighted by Crippen LogP contribution is -2.56. The van der Waals surface area contributed by atoms with Gasteiger partial charge in [0.25, 0.3) is 11.8 Å². The maximum Gasteiger partial charge on any atom is 0.259 e. The van der Waals surface area contributed by atoms with Gasteiger partial charge in [0, 0.05) is 47.0 Å². The lowest BCUT2D eigenvalue weighted by Gasteiger charge is -2.41. The fraction of sp³-hybridized carbons (Fsp3) is 0.310. The van der Waals surface area contributed by atoms with E-state index in [9.17, 15) is 35.1 Å². The molecule has 0 bridgehead atoms. The number of nitrogens with one attached hydrogen (secondary N) is 2. The molecule has 0 aliphatic carbocycles. The van der Waals surface area contributed by atoms with E-state index in [1.807, 2.05) is 0 Å². The standard InChI is InChI=1S/C29H25N3O10/c1-29(2)41-14-6-11-13(7-15(14)42-29)32(28-25(37)24(36)23(35)16(8-33)40-28)22-18(11)20-19(26(38)31-27(20)39)17-10-5-9(34)3-4-12(10)30-21(17)22/h3-7,16,23-25,28,30,33-37H,8H2,1-2H3,(H,31,38,39)/t16-,23+,24-,25-,28?/m1/s1. The predicted molar refractivity (Wildman–Crippen MR) is 147 cm³/mol. The van der Waals surface area contributed by atoms with Crippen LogP contribution in [0.3, 0.4) is 0 Å². The Balaban J connectivity index is 1.59. The number of phenolic OH excluding ortho intramolecular Hbond substituents is 1. The highest BCUT2D eigenvalue weighted by molar-refractivity contribution is 6.39. The second-order valence-corrected chi connectivity index (χ2v) is 11.4. The van der Waals surface area contributed by atoms with Crippen molar-refractivity contribution in [1.29, 1.82) is 0 Å². The summed E-state index contributed by atoms with van der Waals surface area (Å²) < 4.78 is 19.6. The zero-order chi connectivity index (χ0) is 29.4. The van der Waals surface area contributed by atoms with Gasteiger partial charge in [0.15, 0.2) is 17.7 Å². The second kappa shape index (κ2) is 8.12. The van der Waals surface area contributed by atoms with E-state index in [4.69, 9.17) is 14.2 Å². The summed E-state index contributed by atoms with van der Waals surface area (Å²) in [5.74, 6) is -1.53. The second-order valence-electron chi connectivity index (χ2n) is 11.4. The highest BCUT2D eigenvalue weighted by Gasteiger charge is 2.46. The molecule has 0 saturated carbocycles. The van der Waals surface area contributed by atoms with Crippen LogP contribution in [0, 0.1) is 0 Å². The number of aliphatic hydroxyl groups excluding tert-OH is 4. The molecular formula is C29H25N3O10. The van der Waals surface area contributed by atoms with Gasteiger partial charge >= 0.3 is 0 Å². The van der Waals surface area contributed by atoms with Gasteiger partial charge in [-0.1, -0.05) is 0 Å². The van der Waals surface area contributed by atoms with E-state index in [2.05, 4.69) is 10.3 Å². The number of aromatic nitrogens is 2. The minimum Gasteiger partial charge on any atom is -0.508 e. The van der Waals surface area contributed by atoms with Gasteiger partial charge in [-0.2, -0.15) is 0 Å². The first-order chi connectivity index (χ1) is 20.0. The molecule has 5 aromatic rings. The van der Waals surface area contributed by atoms with Gasteiger partial charge in [0.2, 0.25) is 5.79 Å². The van der Waals surface area contributed by atoms with Crippen molar-refractivity contribution in [2.75, 3.05) is 6.61 Å². The van der Waals surface area contributed by atoms with Gasteiger partial charge in [-0.05, 0) is 24.3 Å². The molecule has 1 saturated heterocycles. The van der Waals surface area contributed by atoms with E-state index < -0.39 is 54.9 Å². The summed E-state index contributed by atoms with van der Waals surface area (Å²) in [6.45, 7) is 2.82. The van der Waals surface area contributed by atoms with Crippen LogP contribution in [0.2, 0.25) is 0 Å². The number of aromatic hydroxyl groups is 1. The Morgan fingerprint density at radius 3 is 2.31 bits per heavy atom. The summed E-state index contributed by atoms with van der Waals surface area (Å²) in [5.41, 5.74) is 1.89. The Morgan fingerprint density at radius 2 is 1.60 bits per heavy atom. The van der Waals surface area contributed by atoms with Gasteiger partial charge in [0.05, 0.1) is 34.3 Å². The van der Waals surface area contributed by atoms with Gasteiger partial charge in [-0.3, -0.25) is 14.9 Å². The molecule has 3 aliphatic rings. The monoisotopic (exact) mass is 575 g/mol. The minimum atomic E-state index is -1.68. The number of aromatic amines is 1. The van der Waals surface area contributed by atoms with Gasteiger partial charge in [0.1, 0.15) is 30.2 Å². The Hall–Kier alpha value is -4.40. The predicted octanol–water partition coefficient (Wildman–Crippen LogP) is 1.50. The Bertz CT molecular complexity index is 2040. The quantitative estimate of drug-likeness (QED) is 0.152. The molecule has 8 rings (SSSR count). The van der Waals surface area contributed by atoms with E-state index in [0.717, 1.165) is 0 Å². The smallest absolute Gasteiger partial charge is 0.259 e. The first-order valence-corrected chi connectivity index (χ1v) is 13.4. The van der Waals surface area contributed by atoms with Crippen molar-refractivity contribution in [3.63, 3.8) is 0 Å². The van der Waals surface area contributed by atoms with Crippen molar-refractivity contribution in [3.8, 4) is 17.2 Å². The number of benzene rings is 3. The topological polar surface area (TPSA) is 196 Å². The third kappa shape index (κ3) is 3.13. The maximum absolute atomic E-state index is 13.4. The summed E-state index contributed by atoms with van der Waals surface area (Å²) in [6.07, 6.45) is -7.54. The van der Waals surface area contributed by atoms with Crippen molar-refractivity contribution in [2.45, 2.75) is 50.3 Å². The molecule has 2 amide bonds. The molecular weight excluding hydrogens is 550 g/mol. The Labute approximate surface area is 235 Å². The molecule has 1 fully saturated rings. The van der Waals surface area contributed by atoms with E-state index in [1.165, 1.54) is 12.1 Å². The SMILES string of the molecule is CC1(C)Oc2cc3c4c5c(c6c7cc(O)ccc7[nH]c6c4n(C4O[C@H](CO)[C@H](O)[C@@H](O)[C@H]4O)c3cc2O1)C(=O)NC5=O. The van der Waals surface area contributed by atoms with Crippen LogP contribution < -0.4 is 14.8 Å². The zero-order valence-corrected chi connectivity index (χ0v) is 22.2. The number of rotatable bonds is 2. The van der Waals surface area contributed by atoms with Gasteiger partial charge in [-0.25, -0.2) is 0 Å². The number of hydrogen-bond acceptors (Lipinski definition) is 10. The normalized spacial score (nSPS) is 26.6. The fourth-order valence-corrected chi connectivity index (χ4v) is 6.63. The highest BCUT2D eigenvalue weighted by Crippen LogP contribution is 2.50. The number of hydrogen-bond donors (Lipinski definition) is 7. The molecule has 7 N–H and O–H groups in total. The number of fused-ring (bicyclic) bond motifs is 11. The summed E-state index contributed by atoms with van der Waals surface area (Å²) >= 11 is 0. The van der Waals surface area contributed by atoms with Crippen molar-refractivity contribution in [3.05, 3.63) is 41.5 Å². The van der Waals surface area contributed by atoms with Crippen LogP contribution >= 0.6 is 0 Å². The van der Waals surface area contributed by atoms with Crippen LogP contribution in [0.1, 0.15) is 40.8 Å². The number of imide groups is 1. The van der Waals surface area contributed by atoms with Gasteiger partial charge in [-0.15, -0.1) is 0 Å². The molecule has 1 unspecified atom stereocenters. The third-order valence-corrected chi connectivity index (χ3v) is 8.35. The first-order valence-electron chi connectivity index (χ1n) is 13.4. The fourth-order valence-electron chi connectivity index (χ4n) is 6.63. The Kier molecular flexibility index (Phi) is 4.89. The van der Waals surface area contributed by atoms with Crippen LogP contribution in [0.5, 0.6) is 17.2 Å². The molecule has 42 heavy (non-hydrogen) atoms. The lowest BCUT2D eigenvalue weighted by molar-refractivity contribution is -0.249. The Morgan fingerprint density at radius 1 is 0.905 bits per heavy atom. The molecule has 2 aromatic heterocycles. The molecule has 3 aromatic carbocycles. The van der Waals surface area contributed by atoms with Gasteiger partial charge < -0.3 is 49.3 Å². The van der Waals surface area contributed by atoms with Crippen LogP contribution in [-0.4, -0.2) is 83.7 Å². The van der Waals surface area contributed by atoms with Crippen LogP contribution in [0.15, 0.2) is 30.3 Å². The van der Waals surface area contributed by atoms with E-state index in [1.54, 1.807) is 36.6 Å². The number of nitrogens with zero attached hydrogens (tertiary/aromatic N) is 1. The summed E-state index contributed by atoms with van der Waals surface area (Å²) in [6, 6.07) is 7.93. The van der Waals surface area contributed by atoms with E-state index in [0.29, 0.717) is 55.1 Å². The first kappa shape index (κ1) is 25.3. The number of carbonyl (C=O) groups is 2. The van der Waals surface area contributed by atoms with Crippen molar-refractivity contribution < 1.29 is 49.3 Å². The molecule has 13 heteroatoms. The number of aliphatic hydroxyl groups is 4. The molecule has 13 nitrogen and oxygen atoms in total. The average Bonchev–Trinajstić information content (AvgIpc) is 3.64. The summed E-state index contributed by atoms with van der Waals surface area (Å²) in [5, 5.41) is 56.8. The van der Waals surface area contributed by atoms with Crippen molar-refractivity contribution >= 4 is 55.4 Å². The van der Waals surface area contributed by atoms with Crippen molar-refractivity contribution in [2.24, 2.45) is 0 Å². The van der Waals surface area contributed by atoms with Crippen LogP contribution in [0.4, 0.5) is 0 Å². The molecule has 0 radical (unpaired) electrons. The minimum absolute atomic E-state index is 0.0511. The molecule has 5 heterocycles. The lowest BCUT2D eigenvalue weighted by atomic mass is 9.96. The molecule has 5 atom stereocenters. The highest BCUT2D eigenvalue weighted by atomic mass is 16.7. The molecule has 216 valence electrons. The number of H-pyrrole nitrogens is 1. The van der Waals surface area contributed by atoms with Crippen LogP contribution in [0.25, 0.3) is 43.6 Å². The molecule has 3 aliphatic heterocycles. The summed E-state index contributed by atoms with van der Waals surface area (Å²) in [4.78, 5) is 30.0. The van der Waals surface area contributed by atoms with Crippen LogP contribution in [-0.2, 0) is 4.74 Å². The van der Waals surface area contributed by atoms with E-state index in [-0.39, 0.29) is 16.9 Å². The van der Waals surface area contributed by atoms with E-state index >= 15 is 0 Å². The average molecular weight is 576 g/mol. The maximum atomic E-state index is 13.4. The number of carbonyl (C=O) groups excluding carboxylic acids is 2. The largest absolute Gasteiger partial charge is 0.508 e. The zero-order valence-electron chi connectivity index (χ0n) is 22.2. The third-order valence-electron chi connectivity index (χ3n) is 8.35. The molecule has 0 spiro atoms. The number of phenols is 1. The number of ether oxygens (including phenoxy) is 3. The number of amides is 2. The summed E-state index contributed by atoms with van der Waals surface area (Å²) in [7, 11) is 0.